The van der Waals surface area contributed by atoms with Crippen molar-refractivity contribution in [3.63, 3.8) is 0 Å². The van der Waals surface area contributed by atoms with Gasteiger partial charge in [-0.3, -0.25) is 0 Å². The molecule has 0 amide bonds. The molecular formula is C27H27N3O2S. The summed E-state index contributed by atoms with van der Waals surface area (Å²) in [6, 6.07) is 21.1. The monoisotopic (exact) mass is 457 g/mol. The van der Waals surface area contributed by atoms with Crippen molar-refractivity contribution in [2.45, 2.75) is 39.2 Å². The van der Waals surface area contributed by atoms with E-state index in [9.17, 15) is 4.79 Å². The number of ether oxygens (including phenoxy) is 1. The predicted octanol–water partition coefficient (Wildman–Crippen LogP) is 6.12. The van der Waals surface area contributed by atoms with E-state index in [1.165, 1.54) is 28.0 Å². The summed E-state index contributed by atoms with van der Waals surface area (Å²) < 4.78 is 5.24. The summed E-state index contributed by atoms with van der Waals surface area (Å²) in [6.07, 6.45) is 5.29. The van der Waals surface area contributed by atoms with Crippen molar-refractivity contribution < 1.29 is 9.53 Å². The van der Waals surface area contributed by atoms with Crippen molar-refractivity contribution in [2.24, 2.45) is 11.0 Å². The third kappa shape index (κ3) is 4.23. The van der Waals surface area contributed by atoms with Crippen LogP contribution in [0.1, 0.15) is 52.3 Å². The van der Waals surface area contributed by atoms with Crippen LogP contribution in [0.25, 0.3) is 0 Å². The lowest BCUT2D eigenvalue weighted by Gasteiger charge is -2.28. The van der Waals surface area contributed by atoms with Crippen LogP contribution in [0.15, 0.2) is 77.4 Å². The topological polar surface area (TPSA) is 54.8 Å². The molecule has 5 nitrogen and oxygen atoms in total. The molecule has 0 spiro atoms. The van der Waals surface area contributed by atoms with Crippen LogP contribution in [0.4, 0.5) is 5.13 Å². The zero-order valence-corrected chi connectivity index (χ0v) is 19.7. The number of esters is 1. The van der Waals surface area contributed by atoms with Crippen LogP contribution in [0, 0.1) is 12.8 Å². The Morgan fingerprint density at radius 2 is 1.85 bits per heavy atom. The van der Waals surface area contributed by atoms with E-state index in [2.05, 4.69) is 54.6 Å². The SMILES string of the molecule is CCOC(=O)c1sc(N2N=C3C(Cc4ccccc4)=CCC[C@@H]3[C@H]2c2ccccc2)nc1C. The molecule has 2 aliphatic rings. The van der Waals surface area contributed by atoms with Crippen molar-refractivity contribution in [1.82, 2.24) is 4.98 Å². The van der Waals surface area contributed by atoms with E-state index < -0.39 is 0 Å². The zero-order valence-electron chi connectivity index (χ0n) is 18.9. The average Bonchev–Trinajstić information content (AvgIpc) is 3.42. The minimum Gasteiger partial charge on any atom is -0.462 e. The summed E-state index contributed by atoms with van der Waals surface area (Å²) in [5.41, 5.74) is 5.63. The zero-order chi connectivity index (χ0) is 22.8. The Kier molecular flexibility index (Phi) is 6.09. The van der Waals surface area contributed by atoms with Gasteiger partial charge < -0.3 is 4.74 Å². The van der Waals surface area contributed by atoms with Crippen LogP contribution < -0.4 is 5.01 Å². The third-order valence-electron chi connectivity index (χ3n) is 6.23. The number of carbonyl (C=O) groups excluding carboxylic acids is 1. The molecule has 0 unspecified atom stereocenters. The number of fused-ring (bicyclic) bond motifs is 1. The fourth-order valence-corrected chi connectivity index (χ4v) is 5.69. The summed E-state index contributed by atoms with van der Waals surface area (Å²) >= 11 is 1.37. The molecule has 3 aromatic rings. The highest BCUT2D eigenvalue weighted by Crippen LogP contribution is 2.46. The predicted molar refractivity (Wildman–Crippen MR) is 133 cm³/mol. The van der Waals surface area contributed by atoms with Crippen LogP contribution >= 0.6 is 11.3 Å². The molecule has 6 heteroatoms. The molecule has 2 atom stereocenters. The Bertz CT molecular complexity index is 1200. The highest BCUT2D eigenvalue weighted by Gasteiger charge is 2.42. The molecule has 168 valence electrons. The molecule has 1 aliphatic carbocycles. The molecule has 5 rings (SSSR count). The number of carbonyl (C=O) groups is 1. The maximum atomic E-state index is 12.4. The van der Waals surface area contributed by atoms with Gasteiger partial charge in [-0.1, -0.05) is 78.1 Å². The van der Waals surface area contributed by atoms with E-state index in [1.807, 2.05) is 31.0 Å². The summed E-state index contributed by atoms with van der Waals surface area (Å²) in [5, 5.41) is 7.94. The normalized spacial score (nSPS) is 19.6. The fourth-order valence-electron chi connectivity index (χ4n) is 4.74. The van der Waals surface area contributed by atoms with E-state index in [0.29, 0.717) is 17.2 Å². The molecule has 0 fully saturated rings. The Labute approximate surface area is 198 Å². The van der Waals surface area contributed by atoms with Crippen LogP contribution in [0.2, 0.25) is 0 Å². The van der Waals surface area contributed by atoms with Gasteiger partial charge in [-0.2, -0.15) is 5.10 Å². The van der Waals surface area contributed by atoms with Crippen LogP contribution in [0.3, 0.4) is 0 Å². The molecule has 0 saturated heterocycles. The van der Waals surface area contributed by atoms with Gasteiger partial charge in [0, 0.05) is 5.92 Å². The van der Waals surface area contributed by atoms with Gasteiger partial charge >= 0.3 is 5.97 Å². The number of aromatic nitrogens is 1. The van der Waals surface area contributed by atoms with Crippen molar-refractivity contribution in [3.8, 4) is 0 Å². The number of benzene rings is 2. The first-order valence-electron chi connectivity index (χ1n) is 11.5. The molecule has 0 bridgehead atoms. The Hall–Kier alpha value is -3.25. The highest BCUT2D eigenvalue weighted by atomic mass is 32.1. The van der Waals surface area contributed by atoms with Crippen molar-refractivity contribution in [1.29, 1.82) is 0 Å². The number of nitrogens with zero attached hydrogens (tertiary/aromatic N) is 3. The second-order valence-corrected chi connectivity index (χ2v) is 9.37. The number of hydrazone groups is 1. The van der Waals surface area contributed by atoms with E-state index in [1.54, 1.807) is 0 Å². The molecule has 0 saturated carbocycles. The van der Waals surface area contributed by atoms with E-state index in [4.69, 9.17) is 14.8 Å². The maximum Gasteiger partial charge on any atom is 0.350 e. The number of aryl methyl sites for hydroxylation is 1. The third-order valence-corrected chi connectivity index (χ3v) is 7.36. The maximum absolute atomic E-state index is 12.4. The summed E-state index contributed by atoms with van der Waals surface area (Å²) in [5.74, 6) is -0.0321. The lowest BCUT2D eigenvalue weighted by atomic mass is 9.79. The molecule has 0 N–H and O–H groups in total. The first-order valence-corrected chi connectivity index (χ1v) is 12.3. The molecule has 1 aliphatic heterocycles. The van der Waals surface area contributed by atoms with Crippen LogP contribution in [0.5, 0.6) is 0 Å². The van der Waals surface area contributed by atoms with Gasteiger partial charge in [0.2, 0.25) is 5.13 Å². The van der Waals surface area contributed by atoms with E-state index in [0.717, 1.165) is 30.1 Å². The van der Waals surface area contributed by atoms with Gasteiger partial charge in [0.15, 0.2) is 0 Å². The minimum atomic E-state index is -0.316. The lowest BCUT2D eigenvalue weighted by molar-refractivity contribution is 0.0531. The van der Waals surface area contributed by atoms with Crippen molar-refractivity contribution >= 4 is 28.1 Å². The summed E-state index contributed by atoms with van der Waals surface area (Å²) in [7, 11) is 0. The number of anilines is 1. The number of thiazole rings is 1. The Morgan fingerprint density at radius 3 is 2.58 bits per heavy atom. The van der Waals surface area contributed by atoms with Crippen molar-refractivity contribution in [3.05, 3.63) is 94.0 Å². The quantitative estimate of drug-likeness (QED) is 0.418. The van der Waals surface area contributed by atoms with Gasteiger partial charge in [0.25, 0.3) is 0 Å². The van der Waals surface area contributed by atoms with Gasteiger partial charge in [0.1, 0.15) is 4.88 Å². The van der Waals surface area contributed by atoms with Crippen LogP contribution in [-0.2, 0) is 11.2 Å². The molecule has 33 heavy (non-hydrogen) atoms. The molecule has 1 aromatic heterocycles. The number of hydrogen-bond donors (Lipinski definition) is 0. The van der Waals surface area contributed by atoms with Gasteiger partial charge in [0.05, 0.1) is 24.1 Å². The van der Waals surface area contributed by atoms with Crippen LogP contribution in [-0.4, -0.2) is 23.3 Å². The number of rotatable bonds is 6. The molecular weight excluding hydrogens is 430 g/mol. The Morgan fingerprint density at radius 1 is 1.12 bits per heavy atom. The largest absolute Gasteiger partial charge is 0.462 e. The summed E-state index contributed by atoms with van der Waals surface area (Å²) in [6.45, 7) is 4.03. The standard InChI is InChI=1S/C27H27N3O2S/c1-3-32-26(31)25-18(2)28-27(33-25)30-24(20-13-8-5-9-14-20)22-16-10-15-21(23(22)29-30)17-19-11-6-4-7-12-19/h4-9,11-15,22,24H,3,10,16-17H2,1-2H3/t22-,24+/m0/s1. The molecule has 0 radical (unpaired) electrons. The number of allylic oxidation sites excluding steroid dienone is 2. The molecule has 2 aromatic carbocycles. The van der Waals surface area contributed by atoms with Gasteiger partial charge in [-0.05, 0) is 49.8 Å². The second-order valence-electron chi connectivity index (χ2n) is 8.39. The number of hydrogen-bond acceptors (Lipinski definition) is 6. The highest BCUT2D eigenvalue weighted by molar-refractivity contribution is 7.17. The lowest BCUT2D eigenvalue weighted by Crippen LogP contribution is -2.27. The average molecular weight is 458 g/mol. The minimum absolute atomic E-state index is 0.0567. The Balaban J connectivity index is 1.54. The van der Waals surface area contributed by atoms with Gasteiger partial charge in [-0.25, -0.2) is 14.8 Å². The van der Waals surface area contributed by atoms with Gasteiger partial charge in [-0.15, -0.1) is 0 Å². The van der Waals surface area contributed by atoms with E-state index >= 15 is 0 Å². The first kappa shape index (κ1) is 21.6. The second kappa shape index (κ2) is 9.32. The first-order chi connectivity index (χ1) is 16.2. The molecule has 2 heterocycles. The fraction of sp³-hybridized carbons (Fsp3) is 0.296. The van der Waals surface area contributed by atoms with Crippen molar-refractivity contribution in [2.75, 3.05) is 11.6 Å². The smallest absolute Gasteiger partial charge is 0.350 e. The van der Waals surface area contributed by atoms with E-state index in [-0.39, 0.29) is 17.9 Å². The summed E-state index contributed by atoms with van der Waals surface area (Å²) in [4.78, 5) is 17.7.